The van der Waals surface area contributed by atoms with E-state index in [1.807, 2.05) is 0 Å². The number of nitrogens with zero attached hydrogens (tertiary/aromatic N) is 1. The standard InChI is InChI=1S/C33H51N3O10/c1-12-29(6,23(39)19(3)34-9)32(35-10,24(40)20(4)37)26(42)30(7,13-2)33(22-17-15-14-16-18-22,36(11)25(41)21(5)38)27(43)31(8,46)28(44)45/h14-21,34-35,37-38,46H,12-13H2,1-11H3,(H,44,45)/t19-,20+,21?,29-,30-,31-,32+,33+/m0/s1/i/hD. The van der Waals surface area contributed by atoms with Crippen LogP contribution in [0.5, 0.6) is 0 Å². The van der Waals surface area contributed by atoms with E-state index in [1.54, 1.807) is 6.07 Å². The second-order valence-corrected chi connectivity index (χ2v) is 12.4. The van der Waals surface area contributed by atoms with E-state index in [9.17, 15) is 44.4 Å². The maximum Gasteiger partial charge on any atom is 0.343 e. The molecule has 0 aromatic heterocycles. The van der Waals surface area contributed by atoms with Crippen LogP contribution < -0.4 is 10.6 Å². The summed E-state index contributed by atoms with van der Waals surface area (Å²) in [6, 6.07) is 6.08. The van der Waals surface area contributed by atoms with Gasteiger partial charge in [-0.2, -0.15) is 0 Å². The van der Waals surface area contributed by atoms with Crippen molar-refractivity contribution >= 4 is 35.0 Å². The van der Waals surface area contributed by atoms with Crippen molar-refractivity contribution in [2.45, 2.75) is 103 Å². The van der Waals surface area contributed by atoms with Gasteiger partial charge in [0, 0.05) is 7.05 Å². The van der Waals surface area contributed by atoms with Gasteiger partial charge in [0.15, 0.2) is 22.9 Å². The van der Waals surface area contributed by atoms with Crippen molar-refractivity contribution < 1.29 is 50.6 Å². The Morgan fingerprint density at radius 3 is 1.67 bits per heavy atom. The number of likely N-dealkylation sites (N-methyl/N-ethyl adjacent to an activating group) is 3. The molecule has 1 amide bonds. The van der Waals surface area contributed by atoms with Gasteiger partial charge in [0.25, 0.3) is 5.91 Å². The van der Waals surface area contributed by atoms with Crippen molar-refractivity contribution in [1.82, 2.24) is 15.5 Å². The van der Waals surface area contributed by atoms with Gasteiger partial charge in [-0.25, -0.2) is 4.79 Å². The number of Topliss-reactive ketones (excluding diaryl/α,β-unsaturated/α-hetero) is 4. The highest BCUT2D eigenvalue weighted by atomic mass is 16.4. The number of carbonyl (C=O) groups excluding carboxylic acids is 5. The first-order chi connectivity index (χ1) is 21.4. The molecular weight excluding hydrogens is 598 g/mol. The summed E-state index contributed by atoms with van der Waals surface area (Å²) in [5.41, 5.74) is -13.6. The number of ketones is 4. The Bertz CT molecular complexity index is 1370. The lowest BCUT2D eigenvalue weighted by molar-refractivity contribution is -0.185. The van der Waals surface area contributed by atoms with Gasteiger partial charge >= 0.3 is 5.97 Å². The topological polar surface area (TPSA) is 211 Å². The fourth-order valence-corrected chi connectivity index (χ4v) is 6.58. The van der Waals surface area contributed by atoms with Crippen LogP contribution in [0.25, 0.3) is 0 Å². The molecular formula is C33H51N3O10. The number of carboxylic acid groups (broad SMARTS) is 1. The Hall–Kier alpha value is -3.36. The summed E-state index contributed by atoms with van der Waals surface area (Å²) in [5.74, 6) is -7.97. The summed E-state index contributed by atoms with van der Waals surface area (Å²) < 4.78 is 8.97. The average molecular weight is 651 g/mol. The van der Waals surface area contributed by atoms with E-state index in [-0.39, 0.29) is 12.0 Å². The van der Waals surface area contributed by atoms with Crippen LogP contribution in [0.1, 0.15) is 73.8 Å². The minimum absolute atomic E-state index is 0.167. The molecule has 1 aromatic carbocycles. The van der Waals surface area contributed by atoms with E-state index in [2.05, 4.69) is 5.32 Å². The van der Waals surface area contributed by atoms with Gasteiger partial charge in [-0.1, -0.05) is 44.2 Å². The van der Waals surface area contributed by atoms with Crippen molar-refractivity contribution in [2.75, 3.05) is 21.1 Å². The second kappa shape index (κ2) is 14.6. The van der Waals surface area contributed by atoms with Crippen LogP contribution in [0.4, 0.5) is 0 Å². The number of amides is 1. The third-order valence-corrected chi connectivity index (χ3v) is 9.85. The summed E-state index contributed by atoms with van der Waals surface area (Å²) in [7, 11) is 3.57. The second-order valence-electron chi connectivity index (χ2n) is 12.4. The van der Waals surface area contributed by atoms with Crippen LogP contribution in [0.15, 0.2) is 30.3 Å². The average Bonchev–Trinajstić information content (AvgIpc) is 3.03. The Morgan fingerprint density at radius 1 is 0.848 bits per heavy atom. The van der Waals surface area contributed by atoms with Gasteiger partial charge < -0.3 is 36.0 Å². The summed E-state index contributed by atoms with van der Waals surface area (Å²) in [6.45, 7) is 9.72. The molecule has 1 rings (SSSR count). The molecule has 1 unspecified atom stereocenters. The van der Waals surface area contributed by atoms with Crippen molar-refractivity contribution in [3.8, 4) is 0 Å². The molecule has 0 bridgehead atoms. The van der Waals surface area contributed by atoms with Crippen LogP contribution in [0.3, 0.4) is 0 Å². The zero-order valence-electron chi connectivity index (χ0n) is 29.7. The quantitative estimate of drug-likeness (QED) is 0.121. The van der Waals surface area contributed by atoms with Crippen molar-refractivity contribution in [3.05, 3.63) is 35.9 Å². The monoisotopic (exact) mass is 650 g/mol. The van der Waals surface area contributed by atoms with Crippen LogP contribution in [0.2, 0.25) is 1.41 Å². The Balaban J connectivity index is 4.88. The minimum atomic E-state index is -3.27. The van der Waals surface area contributed by atoms with E-state index in [1.165, 1.54) is 65.9 Å². The molecule has 0 radical (unpaired) electrons. The van der Waals surface area contributed by atoms with Gasteiger partial charge in [-0.05, 0) is 74.0 Å². The van der Waals surface area contributed by atoms with E-state index >= 15 is 4.79 Å². The van der Waals surface area contributed by atoms with E-state index in [4.69, 9.17) is 1.41 Å². The molecule has 0 fully saturated rings. The largest absolute Gasteiger partial charge is 0.479 e. The number of hydrogen-bond donors (Lipinski definition) is 6. The molecule has 0 aliphatic heterocycles. The number of benzene rings is 1. The molecule has 13 heteroatoms. The number of nitrogens with one attached hydrogen (secondary N) is 2. The lowest BCUT2D eigenvalue weighted by Gasteiger charge is -2.57. The summed E-state index contributed by atoms with van der Waals surface area (Å²) >= 11 is 0. The smallest absolute Gasteiger partial charge is 0.343 e. The maximum atomic E-state index is 15.8. The molecule has 46 heavy (non-hydrogen) atoms. The molecule has 0 heterocycles. The molecule has 13 nitrogen and oxygen atoms in total. The molecule has 258 valence electrons. The lowest BCUT2D eigenvalue weighted by atomic mass is 9.50. The minimum Gasteiger partial charge on any atom is -0.479 e. The first-order valence-electron chi connectivity index (χ1n) is 15.6. The molecule has 1 aromatic rings. The van der Waals surface area contributed by atoms with E-state index in [0.717, 1.165) is 27.9 Å². The lowest BCUT2D eigenvalue weighted by Crippen LogP contribution is -2.78. The molecule has 0 aliphatic rings. The third kappa shape index (κ3) is 5.95. The zero-order valence-corrected chi connectivity index (χ0v) is 28.7. The van der Waals surface area contributed by atoms with E-state index in [0.29, 0.717) is 17.1 Å². The Morgan fingerprint density at radius 2 is 1.33 bits per heavy atom. The summed E-state index contributed by atoms with van der Waals surface area (Å²) in [5, 5.41) is 45.9. The highest BCUT2D eigenvalue weighted by Crippen LogP contribution is 2.54. The van der Waals surface area contributed by atoms with E-state index < -0.39 is 87.2 Å². The van der Waals surface area contributed by atoms with Crippen LogP contribution in [-0.4, -0.2) is 111 Å². The number of hydrogen-bond acceptors (Lipinski definition) is 11. The highest BCUT2D eigenvalue weighted by molar-refractivity contribution is 6.22. The van der Waals surface area contributed by atoms with Gasteiger partial charge in [0.1, 0.15) is 19.2 Å². The molecule has 0 spiro atoms. The normalized spacial score (nSPS) is 20.6. The van der Waals surface area contributed by atoms with Crippen molar-refractivity contribution in [3.63, 3.8) is 0 Å². The van der Waals surface area contributed by atoms with Crippen LogP contribution in [-0.2, 0) is 34.3 Å². The summed E-state index contributed by atoms with van der Waals surface area (Å²) in [4.78, 5) is 86.2. The van der Waals surface area contributed by atoms with Crippen LogP contribution >= 0.6 is 0 Å². The number of rotatable bonds is 18. The third-order valence-electron chi connectivity index (χ3n) is 9.85. The van der Waals surface area contributed by atoms with Crippen molar-refractivity contribution in [1.29, 1.82) is 0 Å². The Kier molecular flexibility index (Phi) is 12.3. The number of aliphatic carboxylic acids is 1. The maximum absolute atomic E-state index is 15.8. The number of carbonyl (C=O) groups is 6. The van der Waals surface area contributed by atoms with Gasteiger partial charge in [-0.3, -0.25) is 24.0 Å². The number of aliphatic hydroxyl groups excluding tert-OH is 2. The fraction of sp³-hybridized carbons (Fsp3) is 0.636. The Labute approximate surface area is 272 Å². The van der Waals surface area contributed by atoms with Gasteiger partial charge in [-0.15, -0.1) is 0 Å². The SMILES string of the molecule is [2H]N(C)[C@](C(=O)[C@@H](C)O)(C(=O)[C@](C)(CC)[C@](C(=O)[C@](C)(O)C(=O)O)(c1ccccc1)N(C)C(=O)C(C)O)[C@@](C)(CC)C(=O)[C@H](C)NC. The molecule has 6 N–H and O–H groups in total. The van der Waals surface area contributed by atoms with Gasteiger partial charge in [0.05, 0.1) is 16.9 Å². The molecule has 0 saturated carbocycles. The predicted molar refractivity (Wildman–Crippen MR) is 170 cm³/mol. The molecule has 8 atom stereocenters. The fourth-order valence-electron chi connectivity index (χ4n) is 6.58. The first-order valence-corrected chi connectivity index (χ1v) is 15.2. The molecule has 0 aliphatic carbocycles. The zero-order chi connectivity index (χ0) is 37.1. The number of carboxylic acids is 1. The first kappa shape index (κ1) is 38.8. The van der Waals surface area contributed by atoms with Crippen LogP contribution in [0, 0.1) is 10.8 Å². The number of aliphatic hydroxyl groups is 3. The molecule has 0 saturated heterocycles. The summed E-state index contributed by atoms with van der Waals surface area (Å²) in [6.07, 6.45) is -4.41. The van der Waals surface area contributed by atoms with Crippen molar-refractivity contribution in [2.24, 2.45) is 10.8 Å². The van der Waals surface area contributed by atoms with Gasteiger partial charge in [0.2, 0.25) is 11.4 Å². The predicted octanol–water partition coefficient (Wildman–Crippen LogP) is 0.613. The highest BCUT2D eigenvalue weighted by Gasteiger charge is 2.72.